The van der Waals surface area contributed by atoms with Gasteiger partial charge in [0.2, 0.25) is 12.8 Å². The molecule has 0 fully saturated rings. The number of nitrogens with one attached hydrogen (secondary N) is 2. The zero-order valence-corrected chi connectivity index (χ0v) is 44.0. The largest absolute Gasteiger partial charge is 1.00 e. The molecular formula is C54H67Cl2LiN4O9. The molecule has 3 N–H and O–H groups in total. The van der Waals surface area contributed by atoms with Crippen molar-refractivity contribution in [3.05, 3.63) is 141 Å². The Morgan fingerprint density at radius 3 is 1.41 bits per heavy atom. The Hall–Kier alpha value is -5.86. The zero-order valence-electron chi connectivity index (χ0n) is 42.5. The smallest absolute Gasteiger partial charge is 0.870 e. The Morgan fingerprint density at radius 1 is 0.629 bits per heavy atom. The summed E-state index contributed by atoms with van der Waals surface area (Å²) in [5.41, 5.74) is 5.97. The van der Waals surface area contributed by atoms with E-state index < -0.39 is 12.1 Å². The quantitative estimate of drug-likeness (QED) is 0.0742. The molecule has 0 spiro atoms. The third kappa shape index (κ3) is 21.0. The third-order valence-corrected chi connectivity index (χ3v) is 10.3. The molecule has 2 heterocycles. The Balaban J connectivity index is 0. The van der Waals surface area contributed by atoms with Gasteiger partial charge in [0.05, 0.1) is 0 Å². The first kappa shape index (κ1) is 66.2. The van der Waals surface area contributed by atoms with Crippen molar-refractivity contribution in [3.8, 4) is 0 Å². The molecule has 2 aromatic heterocycles. The number of ketones is 2. The molecule has 0 aliphatic heterocycles. The molecule has 13 nitrogen and oxygen atoms in total. The maximum absolute atomic E-state index is 13.6. The van der Waals surface area contributed by atoms with Crippen molar-refractivity contribution in [1.29, 1.82) is 0 Å². The van der Waals surface area contributed by atoms with E-state index >= 15 is 0 Å². The van der Waals surface area contributed by atoms with Gasteiger partial charge in [-0.1, -0.05) is 172 Å². The molecule has 2 unspecified atom stereocenters. The number of Topliss-reactive ketones (excluding diaryl/α,β-unsaturated/α-hetero) is 2. The summed E-state index contributed by atoms with van der Waals surface area (Å²) >= 11 is 12.3. The fraction of sp³-hybridized carbons (Fsp3) is 0.370. The van der Waals surface area contributed by atoms with Gasteiger partial charge >= 0.3 is 31.2 Å². The van der Waals surface area contributed by atoms with Crippen LogP contribution >= 0.6 is 23.2 Å². The van der Waals surface area contributed by atoms with Crippen molar-refractivity contribution in [2.45, 2.75) is 121 Å². The first-order chi connectivity index (χ1) is 32.3. The number of aryl methyl sites for hydroxylation is 1. The number of halogens is 2. The second kappa shape index (κ2) is 33.6. The Kier molecular flexibility index (Phi) is 31.8. The second-order valence-electron chi connectivity index (χ2n) is 17.4. The third-order valence-electron chi connectivity index (χ3n) is 9.85. The summed E-state index contributed by atoms with van der Waals surface area (Å²) in [6.45, 7) is 23.0. The molecule has 2 amide bonds. The minimum Gasteiger partial charge on any atom is -0.870 e. The van der Waals surface area contributed by atoms with Gasteiger partial charge in [-0.05, 0) is 52.6 Å². The molecular weight excluding hydrogens is 926 g/mol. The van der Waals surface area contributed by atoms with E-state index in [9.17, 15) is 19.2 Å². The van der Waals surface area contributed by atoms with Crippen molar-refractivity contribution in [2.75, 3.05) is 0 Å². The van der Waals surface area contributed by atoms with E-state index in [4.69, 9.17) is 42.4 Å². The van der Waals surface area contributed by atoms with Crippen LogP contribution < -0.4 is 18.9 Å². The number of aromatic nitrogens is 2. The number of carbonyl (C=O) groups is 4. The van der Waals surface area contributed by atoms with Gasteiger partial charge in [0.25, 0.3) is 0 Å². The van der Waals surface area contributed by atoms with Crippen LogP contribution in [0.2, 0.25) is 10.0 Å². The van der Waals surface area contributed by atoms with Crippen LogP contribution in [-0.2, 0) is 57.9 Å². The van der Waals surface area contributed by atoms with E-state index in [-0.39, 0.29) is 59.0 Å². The molecule has 6 rings (SSSR count). The van der Waals surface area contributed by atoms with Crippen LogP contribution in [0, 0.1) is 10.8 Å². The molecule has 0 aliphatic rings. The molecule has 16 heteroatoms. The monoisotopic (exact) mass is 992 g/mol. The summed E-state index contributed by atoms with van der Waals surface area (Å²) in [5, 5.41) is 3.09. The average molecular weight is 994 g/mol. The van der Waals surface area contributed by atoms with E-state index in [0.29, 0.717) is 36.0 Å². The predicted octanol–water partition coefficient (Wildman–Crippen LogP) is 9.33. The molecule has 0 radical (unpaired) electrons. The summed E-state index contributed by atoms with van der Waals surface area (Å²) < 4.78 is 0. The van der Waals surface area contributed by atoms with Gasteiger partial charge in [-0.15, -0.1) is 0 Å². The number of hydrogen-bond acceptors (Lipinski definition) is 9. The van der Waals surface area contributed by atoms with Crippen molar-refractivity contribution in [1.82, 2.24) is 19.8 Å². The van der Waals surface area contributed by atoms with Crippen molar-refractivity contribution < 1.29 is 62.7 Å². The minimum absolute atomic E-state index is 0. The SMILES string of the molecule is CC.CC.CC(C)(C)CC(=O)C(c1c[nH]c2cc(Cl)ccc12)N(C=O)Cc1ccccc1.CCc1[nH]c2cc(Cl)ccc2c1C(C(=O)CC(C)(C)C)N(C=O)Cc1ccccc1.O=C=O.O=C=O.[Li+].[OH-]. The number of benzene rings is 4. The van der Waals surface area contributed by atoms with E-state index in [1.165, 1.54) is 0 Å². The van der Waals surface area contributed by atoms with E-state index in [1.54, 1.807) is 15.9 Å². The number of hydrogen-bond donors (Lipinski definition) is 2. The van der Waals surface area contributed by atoms with Crippen LogP contribution in [-0.4, -0.2) is 61.9 Å². The molecule has 4 aromatic carbocycles. The van der Waals surface area contributed by atoms with Gasteiger partial charge in [-0.2, -0.15) is 19.2 Å². The van der Waals surface area contributed by atoms with Crippen LogP contribution in [0.3, 0.4) is 0 Å². The molecule has 0 aliphatic carbocycles. The summed E-state index contributed by atoms with van der Waals surface area (Å²) in [7, 11) is 0. The number of rotatable bonds is 15. The van der Waals surface area contributed by atoms with Gasteiger partial charge in [-0.25, -0.2) is 0 Å². The topological polar surface area (TPSA) is 205 Å². The van der Waals surface area contributed by atoms with E-state index in [0.717, 1.165) is 69.0 Å². The van der Waals surface area contributed by atoms with Crippen molar-refractivity contribution >= 4 is 81.7 Å². The standard InChI is InChI=1S/C25H29ClN2O2.C23H25ClN2O2.2C2H6.2CO2.Li.H2O/c1-5-20-23(19-12-11-18(26)13-21(19)27-20)24(22(30)14-25(2,3)4)28(16-29)15-17-9-7-6-8-10-17;1-23(2,3)12-21(28)22(26(15-27)14-16-7-5-4-6-8-16)19-13-25-20-11-17(24)9-10-18(19)20;2*1-2;2*2-1-3;;/h6-13,16,24,27H,5,14-15H2,1-4H3;4-11,13,15,22,25H,12,14H2,1-3H3;2*1-2H3;;;;1H2/q;;;;;;+1;/p-1. The zero-order chi connectivity index (χ0) is 51.6. The summed E-state index contributed by atoms with van der Waals surface area (Å²) in [4.78, 5) is 93.5. The summed E-state index contributed by atoms with van der Waals surface area (Å²) in [5.74, 6) is 0.0578. The first-order valence-electron chi connectivity index (χ1n) is 22.5. The normalized spacial score (nSPS) is 10.9. The van der Waals surface area contributed by atoms with Crippen LogP contribution in [0.15, 0.2) is 103 Å². The maximum Gasteiger partial charge on any atom is 1.00 e. The fourth-order valence-corrected chi connectivity index (χ4v) is 7.78. The number of aromatic amines is 2. The molecule has 0 bridgehead atoms. The van der Waals surface area contributed by atoms with E-state index in [1.807, 2.05) is 173 Å². The fourth-order valence-electron chi connectivity index (χ4n) is 7.44. The van der Waals surface area contributed by atoms with Gasteiger partial charge in [0, 0.05) is 80.8 Å². The molecule has 0 saturated carbocycles. The average Bonchev–Trinajstić information content (AvgIpc) is 3.87. The van der Waals surface area contributed by atoms with Gasteiger partial charge in [0.1, 0.15) is 12.1 Å². The number of nitrogens with zero attached hydrogens (tertiary/aromatic N) is 2. The molecule has 2 atom stereocenters. The number of amides is 2. The van der Waals surface area contributed by atoms with Crippen LogP contribution in [0.1, 0.15) is 129 Å². The van der Waals surface area contributed by atoms with Gasteiger partial charge in [-0.3, -0.25) is 19.2 Å². The summed E-state index contributed by atoms with van der Waals surface area (Å²) in [6.07, 6.45) is 5.35. The number of fused-ring (bicyclic) bond motifs is 2. The van der Waals surface area contributed by atoms with Crippen molar-refractivity contribution in [2.24, 2.45) is 10.8 Å². The predicted molar refractivity (Wildman–Crippen MR) is 270 cm³/mol. The maximum atomic E-state index is 13.6. The van der Waals surface area contributed by atoms with Gasteiger partial charge in [0.15, 0.2) is 11.6 Å². The van der Waals surface area contributed by atoms with Crippen LogP contribution in [0.25, 0.3) is 21.8 Å². The van der Waals surface area contributed by atoms with Crippen LogP contribution in [0.4, 0.5) is 0 Å². The molecule has 6 aromatic rings. The minimum atomic E-state index is -0.660. The molecule has 0 saturated heterocycles. The number of carbonyl (C=O) groups excluding carboxylic acids is 8. The van der Waals surface area contributed by atoms with Crippen molar-refractivity contribution in [3.63, 3.8) is 0 Å². The molecule has 372 valence electrons. The number of H-pyrrole nitrogens is 2. The Labute approximate surface area is 434 Å². The van der Waals surface area contributed by atoms with Crippen LogP contribution in [0.5, 0.6) is 0 Å². The van der Waals surface area contributed by atoms with Gasteiger partial charge < -0.3 is 25.2 Å². The first-order valence-corrected chi connectivity index (χ1v) is 23.2. The summed E-state index contributed by atoms with van der Waals surface area (Å²) in [6, 6.07) is 29.3. The molecule has 70 heavy (non-hydrogen) atoms. The second-order valence-corrected chi connectivity index (χ2v) is 18.3. The van der Waals surface area contributed by atoms with E-state index in [2.05, 4.69) is 9.97 Å². The Bertz CT molecular complexity index is 2550. The Morgan fingerprint density at radius 2 is 1.01 bits per heavy atom.